The van der Waals surface area contributed by atoms with Crippen LogP contribution in [0.3, 0.4) is 0 Å². The van der Waals surface area contributed by atoms with E-state index < -0.39 is 28.8 Å². The summed E-state index contributed by atoms with van der Waals surface area (Å²) in [5.41, 5.74) is 0.941. The van der Waals surface area contributed by atoms with E-state index >= 15 is 0 Å². The third kappa shape index (κ3) is 4.22. The molecule has 0 aliphatic rings. The molecule has 0 aliphatic carbocycles. The first-order chi connectivity index (χ1) is 12.8. The maximum atomic E-state index is 12.5. The maximum Gasteiger partial charge on any atom is 0.471 e. The molecular weight excluding hydrogens is 383 g/mol. The molecule has 2 aromatic carbocycles. The van der Waals surface area contributed by atoms with Gasteiger partial charge in [-0.3, -0.25) is 9.00 Å². The molecule has 1 unspecified atom stereocenters. The number of nitrogens with zero attached hydrogens (tertiary/aromatic N) is 2. The molecular formula is C17H12F3N3O3S. The standard InChI is InChI=1S/C17H12F3N3O3S/c1-27(25)13-5-3-2-4-12(13)21-15(24)11-8-6-10(7-9-11)14-22-16(26-23-14)17(18,19)20/h2-9H,1H3,(H,21,24). The Morgan fingerprint density at radius 3 is 2.37 bits per heavy atom. The van der Waals surface area contributed by atoms with E-state index in [0.29, 0.717) is 10.6 Å². The second kappa shape index (κ2) is 7.31. The lowest BCUT2D eigenvalue weighted by molar-refractivity contribution is -0.159. The molecule has 0 radical (unpaired) electrons. The molecule has 0 saturated heterocycles. The Hall–Kier alpha value is -3.01. The fraction of sp³-hybridized carbons (Fsp3) is 0.118. The van der Waals surface area contributed by atoms with Crippen molar-refractivity contribution >= 4 is 22.4 Å². The molecule has 3 rings (SSSR count). The van der Waals surface area contributed by atoms with Crippen molar-refractivity contribution in [2.75, 3.05) is 11.6 Å². The number of carbonyl (C=O) groups is 1. The Kier molecular flexibility index (Phi) is 5.08. The summed E-state index contributed by atoms with van der Waals surface area (Å²) in [6, 6.07) is 12.3. The molecule has 1 amide bonds. The van der Waals surface area contributed by atoms with Gasteiger partial charge >= 0.3 is 12.1 Å². The minimum Gasteiger partial charge on any atom is -0.329 e. The van der Waals surface area contributed by atoms with E-state index in [1.165, 1.54) is 30.5 Å². The van der Waals surface area contributed by atoms with Gasteiger partial charge in [0.15, 0.2) is 0 Å². The zero-order chi connectivity index (χ0) is 19.6. The molecule has 27 heavy (non-hydrogen) atoms. The highest BCUT2D eigenvalue weighted by Crippen LogP contribution is 2.29. The summed E-state index contributed by atoms with van der Waals surface area (Å²) >= 11 is 0. The van der Waals surface area contributed by atoms with Crippen molar-refractivity contribution in [3.63, 3.8) is 0 Å². The molecule has 0 bridgehead atoms. The molecule has 1 N–H and O–H groups in total. The van der Waals surface area contributed by atoms with Gasteiger partial charge in [-0.15, -0.1) is 0 Å². The van der Waals surface area contributed by atoms with Crippen LogP contribution in [0.25, 0.3) is 11.4 Å². The molecule has 6 nitrogen and oxygen atoms in total. The quantitative estimate of drug-likeness (QED) is 0.727. The second-order valence-electron chi connectivity index (χ2n) is 5.40. The van der Waals surface area contributed by atoms with Crippen LogP contribution >= 0.6 is 0 Å². The lowest BCUT2D eigenvalue weighted by Crippen LogP contribution is -2.13. The van der Waals surface area contributed by atoms with E-state index in [0.717, 1.165) is 0 Å². The largest absolute Gasteiger partial charge is 0.471 e. The van der Waals surface area contributed by atoms with E-state index in [1.807, 2.05) is 0 Å². The Bertz CT molecular complexity index is 1000. The average Bonchev–Trinajstić information content (AvgIpc) is 3.12. The van der Waals surface area contributed by atoms with Crippen molar-refractivity contribution in [2.24, 2.45) is 0 Å². The van der Waals surface area contributed by atoms with Crippen LogP contribution in [0.4, 0.5) is 18.9 Å². The number of rotatable bonds is 4. The first kappa shape index (κ1) is 18.8. The molecule has 0 aliphatic heterocycles. The van der Waals surface area contributed by atoms with E-state index in [-0.39, 0.29) is 17.0 Å². The molecule has 10 heteroatoms. The van der Waals surface area contributed by atoms with Gasteiger partial charge in [-0.05, 0) is 24.3 Å². The van der Waals surface area contributed by atoms with Crippen molar-refractivity contribution in [2.45, 2.75) is 11.1 Å². The van der Waals surface area contributed by atoms with Gasteiger partial charge in [0.05, 0.1) is 21.4 Å². The summed E-state index contributed by atoms with van der Waals surface area (Å²) in [6.07, 6.45) is -3.22. The van der Waals surface area contributed by atoms with Crippen molar-refractivity contribution in [3.05, 3.63) is 60.0 Å². The average molecular weight is 395 g/mol. The first-order valence-electron chi connectivity index (χ1n) is 7.51. The van der Waals surface area contributed by atoms with Gasteiger partial charge in [0.2, 0.25) is 5.82 Å². The Labute approximate surface area is 153 Å². The predicted molar refractivity (Wildman–Crippen MR) is 91.5 cm³/mol. The fourth-order valence-corrected chi connectivity index (χ4v) is 2.94. The molecule has 140 valence electrons. The predicted octanol–water partition coefficient (Wildman–Crippen LogP) is 3.75. The van der Waals surface area contributed by atoms with Gasteiger partial charge < -0.3 is 9.84 Å². The minimum absolute atomic E-state index is 0.235. The third-order valence-corrected chi connectivity index (χ3v) is 4.49. The number of amides is 1. The summed E-state index contributed by atoms with van der Waals surface area (Å²) in [4.78, 5) is 16.1. The van der Waals surface area contributed by atoms with Gasteiger partial charge in [0.25, 0.3) is 5.91 Å². The van der Waals surface area contributed by atoms with Crippen LogP contribution in [0.5, 0.6) is 0 Å². The zero-order valence-corrected chi connectivity index (χ0v) is 14.6. The smallest absolute Gasteiger partial charge is 0.329 e. The Balaban J connectivity index is 1.79. The lowest BCUT2D eigenvalue weighted by Gasteiger charge is -2.09. The highest BCUT2D eigenvalue weighted by Gasteiger charge is 2.38. The number of alkyl halides is 3. The number of halogens is 3. The molecule has 0 fully saturated rings. The lowest BCUT2D eigenvalue weighted by atomic mass is 10.1. The Morgan fingerprint density at radius 1 is 1.11 bits per heavy atom. The highest BCUT2D eigenvalue weighted by molar-refractivity contribution is 7.84. The number of para-hydroxylation sites is 1. The SMILES string of the molecule is CS(=O)c1ccccc1NC(=O)c1ccc(-c2noc(C(F)(F)F)n2)cc1. The molecule has 1 heterocycles. The van der Waals surface area contributed by atoms with Crippen LogP contribution in [-0.2, 0) is 17.0 Å². The normalized spacial score (nSPS) is 12.6. The van der Waals surface area contributed by atoms with E-state index in [1.54, 1.807) is 24.3 Å². The van der Waals surface area contributed by atoms with Crippen molar-refractivity contribution in [3.8, 4) is 11.4 Å². The fourth-order valence-electron chi connectivity index (χ4n) is 2.24. The van der Waals surface area contributed by atoms with Crippen LogP contribution in [0.2, 0.25) is 0 Å². The van der Waals surface area contributed by atoms with E-state index in [4.69, 9.17) is 0 Å². The third-order valence-electron chi connectivity index (χ3n) is 3.52. The van der Waals surface area contributed by atoms with Gasteiger partial charge in [-0.25, -0.2) is 0 Å². The molecule has 3 aromatic rings. The van der Waals surface area contributed by atoms with Crippen LogP contribution in [0.15, 0.2) is 57.9 Å². The van der Waals surface area contributed by atoms with Crippen LogP contribution < -0.4 is 5.32 Å². The molecule has 1 aromatic heterocycles. The van der Waals surface area contributed by atoms with Crippen LogP contribution in [-0.4, -0.2) is 26.5 Å². The number of nitrogens with one attached hydrogen (secondary N) is 1. The van der Waals surface area contributed by atoms with Gasteiger partial charge in [0, 0.05) is 17.4 Å². The number of hydrogen-bond acceptors (Lipinski definition) is 5. The number of anilines is 1. The van der Waals surface area contributed by atoms with Gasteiger partial charge in [-0.2, -0.15) is 18.2 Å². The van der Waals surface area contributed by atoms with Crippen molar-refractivity contribution in [1.82, 2.24) is 10.1 Å². The molecule has 0 spiro atoms. The summed E-state index contributed by atoms with van der Waals surface area (Å²) in [6.45, 7) is 0. The number of carbonyl (C=O) groups excluding carboxylic acids is 1. The van der Waals surface area contributed by atoms with Crippen molar-refractivity contribution in [1.29, 1.82) is 0 Å². The minimum atomic E-state index is -4.72. The monoisotopic (exact) mass is 395 g/mol. The second-order valence-corrected chi connectivity index (χ2v) is 6.75. The first-order valence-corrected chi connectivity index (χ1v) is 9.06. The van der Waals surface area contributed by atoms with Crippen LogP contribution in [0, 0.1) is 0 Å². The molecule has 1 atom stereocenters. The summed E-state index contributed by atoms with van der Waals surface area (Å²) in [7, 11) is -1.28. The topological polar surface area (TPSA) is 85.1 Å². The van der Waals surface area contributed by atoms with E-state index in [2.05, 4.69) is 20.0 Å². The maximum absolute atomic E-state index is 12.5. The van der Waals surface area contributed by atoms with Gasteiger partial charge in [0.1, 0.15) is 0 Å². The zero-order valence-electron chi connectivity index (χ0n) is 13.8. The Morgan fingerprint density at radius 2 is 1.78 bits per heavy atom. The number of hydrogen-bond donors (Lipinski definition) is 1. The highest BCUT2D eigenvalue weighted by atomic mass is 32.2. The van der Waals surface area contributed by atoms with Crippen molar-refractivity contribution < 1.29 is 26.7 Å². The van der Waals surface area contributed by atoms with Crippen LogP contribution in [0.1, 0.15) is 16.2 Å². The van der Waals surface area contributed by atoms with E-state index in [9.17, 15) is 22.2 Å². The summed E-state index contributed by atoms with van der Waals surface area (Å²) < 4.78 is 53.4. The molecule has 0 saturated carbocycles. The van der Waals surface area contributed by atoms with Gasteiger partial charge in [-0.1, -0.05) is 29.4 Å². The summed E-state index contributed by atoms with van der Waals surface area (Å²) in [5, 5.41) is 5.95. The number of aromatic nitrogens is 2. The number of benzene rings is 2. The summed E-state index contributed by atoms with van der Waals surface area (Å²) in [5.74, 6) is -2.13.